The Morgan fingerprint density at radius 2 is 2.12 bits per heavy atom. The summed E-state index contributed by atoms with van der Waals surface area (Å²) in [5.41, 5.74) is -0.171. The van der Waals surface area contributed by atoms with Gasteiger partial charge in [0.25, 0.3) is 0 Å². The highest BCUT2D eigenvalue weighted by molar-refractivity contribution is 6.29. The fourth-order valence-electron chi connectivity index (χ4n) is 2.81. The molecule has 9 heteroatoms. The van der Waals surface area contributed by atoms with E-state index in [-0.39, 0.29) is 0 Å². The highest BCUT2D eigenvalue weighted by Crippen LogP contribution is 2.31. The van der Waals surface area contributed by atoms with Crippen molar-refractivity contribution in [3.05, 3.63) is 29.7 Å². The molecule has 2 aromatic heterocycles. The van der Waals surface area contributed by atoms with Gasteiger partial charge in [-0.05, 0) is 0 Å². The lowest BCUT2D eigenvalue weighted by Crippen LogP contribution is -2.54. The molecule has 0 bridgehead atoms. The quantitative estimate of drug-likeness (QED) is 0.771. The Kier molecular flexibility index (Phi) is 4.57. The average molecular weight is 352 g/mol. The summed E-state index contributed by atoms with van der Waals surface area (Å²) >= 11 is 5.89. The summed E-state index contributed by atoms with van der Waals surface area (Å²) in [5.74, 6) is 0.0173. The molecule has 0 radical (unpaired) electrons. The zero-order valence-corrected chi connectivity index (χ0v) is 14.2. The van der Waals surface area contributed by atoms with Crippen LogP contribution in [0.4, 0.5) is 5.69 Å². The molecule has 0 aliphatic carbocycles. The Morgan fingerprint density at radius 3 is 2.71 bits per heavy atom. The van der Waals surface area contributed by atoms with Crippen molar-refractivity contribution < 1.29 is 14.3 Å². The number of rotatable bonds is 4. The molecule has 2 aromatic rings. The Balaban J connectivity index is 1.76. The highest BCUT2D eigenvalue weighted by atomic mass is 35.5. The second-order valence-corrected chi connectivity index (χ2v) is 6.03. The number of halogens is 1. The van der Waals surface area contributed by atoms with Gasteiger partial charge in [-0.25, -0.2) is 4.79 Å². The maximum Gasteiger partial charge on any atom is 0.350 e. The minimum Gasteiger partial charge on any atom is -0.466 e. The summed E-state index contributed by atoms with van der Waals surface area (Å²) in [6.45, 7) is 1.20. The summed E-state index contributed by atoms with van der Waals surface area (Å²) in [6, 6.07) is 3.48. The number of hydrogen-bond donors (Lipinski definition) is 0. The number of carbonyl (C=O) groups is 1. The average Bonchev–Trinajstić information content (AvgIpc) is 2.99. The molecule has 1 aliphatic heterocycles. The first-order valence-electron chi connectivity index (χ1n) is 7.53. The smallest absolute Gasteiger partial charge is 0.350 e. The number of piperidine rings is 1. The van der Waals surface area contributed by atoms with E-state index >= 15 is 0 Å². The molecule has 0 unspecified atom stereocenters. The van der Waals surface area contributed by atoms with Crippen molar-refractivity contribution in [2.45, 2.75) is 18.4 Å². The number of methoxy groups -OCH3 is 1. The van der Waals surface area contributed by atoms with Crippen molar-refractivity contribution in [3.63, 3.8) is 0 Å². The second kappa shape index (κ2) is 6.64. The molecular formula is C15H18ClN5O3. The van der Waals surface area contributed by atoms with Gasteiger partial charge in [0.1, 0.15) is 0 Å². The van der Waals surface area contributed by atoms with Crippen LogP contribution >= 0.6 is 11.6 Å². The molecule has 0 spiro atoms. The fourth-order valence-corrected chi connectivity index (χ4v) is 2.97. The van der Waals surface area contributed by atoms with Gasteiger partial charge < -0.3 is 14.4 Å². The molecule has 128 valence electrons. The van der Waals surface area contributed by atoms with E-state index in [2.05, 4.69) is 20.2 Å². The SMILES string of the molecule is COC(=O)C1(Oc2ccn(C)n2)CCN(c2cnnc(Cl)c2)CC1. The first-order valence-corrected chi connectivity index (χ1v) is 7.90. The molecular weight excluding hydrogens is 334 g/mol. The number of anilines is 1. The van der Waals surface area contributed by atoms with Crippen molar-refractivity contribution >= 4 is 23.3 Å². The molecule has 1 saturated heterocycles. The molecule has 0 aromatic carbocycles. The Labute approximate surface area is 144 Å². The van der Waals surface area contributed by atoms with Crippen LogP contribution in [0, 0.1) is 0 Å². The molecule has 1 fully saturated rings. The zero-order valence-electron chi connectivity index (χ0n) is 13.5. The van der Waals surface area contributed by atoms with Crippen molar-refractivity contribution in [2.75, 3.05) is 25.1 Å². The maximum atomic E-state index is 12.4. The van der Waals surface area contributed by atoms with Crippen LogP contribution in [0.15, 0.2) is 24.5 Å². The van der Waals surface area contributed by atoms with Gasteiger partial charge >= 0.3 is 5.97 Å². The van der Waals surface area contributed by atoms with Crippen molar-refractivity contribution in [3.8, 4) is 5.88 Å². The molecule has 3 rings (SSSR count). The predicted octanol–water partition coefficient (Wildman–Crippen LogP) is 1.45. The van der Waals surface area contributed by atoms with Crippen molar-refractivity contribution in [1.82, 2.24) is 20.0 Å². The molecule has 3 heterocycles. The number of aromatic nitrogens is 4. The molecule has 1 aliphatic rings. The topological polar surface area (TPSA) is 82.4 Å². The van der Waals surface area contributed by atoms with Crippen LogP contribution in [-0.2, 0) is 16.6 Å². The first-order chi connectivity index (χ1) is 11.5. The van der Waals surface area contributed by atoms with E-state index in [1.807, 2.05) is 0 Å². The summed E-state index contributed by atoms with van der Waals surface area (Å²) in [5, 5.41) is 12.1. The van der Waals surface area contributed by atoms with Crippen LogP contribution < -0.4 is 9.64 Å². The third-order valence-electron chi connectivity index (χ3n) is 4.09. The molecule has 8 nitrogen and oxygen atoms in total. The second-order valence-electron chi connectivity index (χ2n) is 5.64. The Bertz CT molecular complexity index is 727. The monoisotopic (exact) mass is 351 g/mol. The predicted molar refractivity (Wildman–Crippen MR) is 87.1 cm³/mol. The summed E-state index contributed by atoms with van der Waals surface area (Å²) in [6.07, 6.45) is 4.35. The normalized spacial score (nSPS) is 16.7. The van der Waals surface area contributed by atoms with Crippen LogP contribution in [0.3, 0.4) is 0 Å². The highest BCUT2D eigenvalue weighted by Gasteiger charge is 2.45. The van der Waals surface area contributed by atoms with Gasteiger partial charge in [-0.3, -0.25) is 4.68 Å². The van der Waals surface area contributed by atoms with E-state index in [1.165, 1.54) is 7.11 Å². The van der Waals surface area contributed by atoms with Crippen LogP contribution in [0.2, 0.25) is 5.15 Å². The van der Waals surface area contributed by atoms with Crippen LogP contribution in [0.1, 0.15) is 12.8 Å². The fraction of sp³-hybridized carbons (Fsp3) is 0.467. The minimum absolute atomic E-state index is 0.335. The lowest BCUT2D eigenvalue weighted by molar-refractivity contribution is -0.161. The number of esters is 1. The number of carbonyl (C=O) groups excluding carboxylic acids is 1. The number of ether oxygens (including phenoxy) is 2. The van der Waals surface area contributed by atoms with E-state index in [9.17, 15) is 4.79 Å². The van der Waals surface area contributed by atoms with E-state index in [0.717, 1.165) is 5.69 Å². The van der Waals surface area contributed by atoms with Gasteiger partial charge in [-0.15, -0.1) is 10.2 Å². The third kappa shape index (κ3) is 3.28. The standard InChI is InChI=1S/C15H18ClN5O3/c1-20-6-3-13(19-20)24-15(14(22)23-2)4-7-21(8-5-15)11-9-12(16)18-17-10-11/h3,6,9-10H,4-5,7-8H2,1-2H3. The Hall–Kier alpha value is -2.35. The van der Waals surface area contributed by atoms with Crippen LogP contribution in [0.5, 0.6) is 5.88 Å². The van der Waals surface area contributed by atoms with E-state index in [0.29, 0.717) is 37.0 Å². The number of nitrogens with zero attached hydrogens (tertiary/aromatic N) is 5. The molecule has 0 saturated carbocycles. The third-order valence-corrected chi connectivity index (χ3v) is 4.28. The van der Waals surface area contributed by atoms with E-state index < -0.39 is 11.6 Å². The first kappa shape index (κ1) is 16.5. The van der Waals surface area contributed by atoms with Crippen LogP contribution in [-0.4, -0.2) is 51.7 Å². The summed E-state index contributed by atoms with van der Waals surface area (Å²) in [4.78, 5) is 14.4. The van der Waals surface area contributed by atoms with Gasteiger partial charge in [-0.2, -0.15) is 5.10 Å². The lowest BCUT2D eigenvalue weighted by atomic mass is 9.91. The Morgan fingerprint density at radius 1 is 1.38 bits per heavy atom. The molecule has 24 heavy (non-hydrogen) atoms. The number of aryl methyl sites for hydroxylation is 1. The largest absolute Gasteiger partial charge is 0.466 e. The summed E-state index contributed by atoms with van der Waals surface area (Å²) in [7, 11) is 3.16. The van der Waals surface area contributed by atoms with Gasteiger partial charge in [0, 0.05) is 51.3 Å². The zero-order chi connectivity index (χ0) is 17.2. The minimum atomic E-state index is -1.04. The molecule has 0 N–H and O–H groups in total. The number of hydrogen-bond acceptors (Lipinski definition) is 7. The van der Waals surface area contributed by atoms with Crippen molar-refractivity contribution in [1.29, 1.82) is 0 Å². The van der Waals surface area contributed by atoms with Crippen LogP contribution in [0.25, 0.3) is 0 Å². The van der Waals surface area contributed by atoms with Gasteiger partial charge in [-0.1, -0.05) is 11.6 Å². The maximum absolute atomic E-state index is 12.4. The van der Waals surface area contributed by atoms with Gasteiger partial charge in [0.15, 0.2) is 5.15 Å². The van der Waals surface area contributed by atoms with Crippen molar-refractivity contribution in [2.24, 2.45) is 7.05 Å². The van der Waals surface area contributed by atoms with E-state index in [4.69, 9.17) is 21.1 Å². The van der Waals surface area contributed by atoms with Gasteiger partial charge in [0.2, 0.25) is 11.5 Å². The molecule has 0 amide bonds. The van der Waals surface area contributed by atoms with Gasteiger partial charge in [0.05, 0.1) is 19.0 Å². The summed E-state index contributed by atoms with van der Waals surface area (Å²) < 4.78 is 12.5. The lowest BCUT2D eigenvalue weighted by Gasteiger charge is -2.39. The molecule has 0 atom stereocenters. The van der Waals surface area contributed by atoms with E-state index in [1.54, 1.807) is 36.3 Å².